The first-order chi connectivity index (χ1) is 6.38. The number of anilines is 2. The van der Waals surface area contributed by atoms with E-state index in [4.69, 9.17) is 5.73 Å². The molecular formula is C9H16N4. The highest BCUT2D eigenvalue weighted by Gasteiger charge is 2.13. The SMILES string of the molecule is Nc1cn[nH]c1N1CCCCCC1. The first-order valence-electron chi connectivity index (χ1n) is 4.92. The number of nitrogen functional groups attached to an aromatic ring is 1. The van der Waals surface area contributed by atoms with Gasteiger partial charge in [0.05, 0.1) is 11.9 Å². The van der Waals surface area contributed by atoms with E-state index in [1.807, 2.05) is 0 Å². The molecule has 1 fully saturated rings. The quantitative estimate of drug-likeness (QED) is 0.686. The number of nitrogens with zero attached hydrogens (tertiary/aromatic N) is 2. The maximum absolute atomic E-state index is 5.79. The summed E-state index contributed by atoms with van der Waals surface area (Å²) in [6.45, 7) is 2.21. The lowest BCUT2D eigenvalue weighted by atomic mass is 10.2. The Labute approximate surface area is 78.1 Å². The van der Waals surface area contributed by atoms with Crippen LogP contribution in [0.25, 0.3) is 0 Å². The number of aromatic amines is 1. The molecule has 0 saturated carbocycles. The summed E-state index contributed by atoms with van der Waals surface area (Å²) in [7, 11) is 0. The van der Waals surface area contributed by atoms with Crippen LogP contribution in [0.1, 0.15) is 25.7 Å². The molecule has 0 unspecified atom stereocenters. The fraction of sp³-hybridized carbons (Fsp3) is 0.667. The second-order valence-corrected chi connectivity index (χ2v) is 3.58. The van der Waals surface area contributed by atoms with Gasteiger partial charge in [-0.05, 0) is 12.8 Å². The van der Waals surface area contributed by atoms with Crippen LogP contribution in [0.2, 0.25) is 0 Å². The second-order valence-electron chi connectivity index (χ2n) is 3.58. The number of rotatable bonds is 1. The minimum absolute atomic E-state index is 0.766. The molecule has 1 aromatic heterocycles. The van der Waals surface area contributed by atoms with E-state index in [-0.39, 0.29) is 0 Å². The van der Waals surface area contributed by atoms with Crippen molar-refractivity contribution >= 4 is 11.5 Å². The molecule has 1 aromatic rings. The van der Waals surface area contributed by atoms with Crippen LogP contribution in [-0.4, -0.2) is 23.3 Å². The standard InChI is InChI=1S/C9H16N4/c10-8-7-11-12-9(8)13-5-3-1-2-4-6-13/h7H,1-6,10H2,(H,11,12). The molecule has 0 aliphatic carbocycles. The summed E-state index contributed by atoms with van der Waals surface area (Å²) in [5, 5.41) is 6.89. The molecule has 0 bridgehead atoms. The van der Waals surface area contributed by atoms with Crippen LogP contribution in [0.5, 0.6) is 0 Å². The molecule has 1 aliphatic rings. The van der Waals surface area contributed by atoms with Crippen LogP contribution in [0.15, 0.2) is 6.20 Å². The lowest BCUT2D eigenvalue weighted by Gasteiger charge is -2.20. The molecule has 3 N–H and O–H groups in total. The van der Waals surface area contributed by atoms with Crippen molar-refractivity contribution in [3.8, 4) is 0 Å². The van der Waals surface area contributed by atoms with E-state index in [1.165, 1.54) is 25.7 Å². The first-order valence-corrected chi connectivity index (χ1v) is 4.92. The summed E-state index contributed by atoms with van der Waals surface area (Å²) < 4.78 is 0. The lowest BCUT2D eigenvalue weighted by Crippen LogP contribution is -2.25. The maximum Gasteiger partial charge on any atom is 0.147 e. The van der Waals surface area contributed by atoms with E-state index in [9.17, 15) is 0 Å². The van der Waals surface area contributed by atoms with E-state index in [2.05, 4.69) is 15.1 Å². The van der Waals surface area contributed by atoms with Gasteiger partial charge in [0.15, 0.2) is 0 Å². The second kappa shape index (κ2) is 3.68. The van der Waals surface area contributed by atoms with Gasteiger partial charge < -0.3 is 10.6 Å². The molecule has 1 aliphatic heterocycles. The Morgan fingerprint density at radius 2 is 1.92 bits per heavy atom. The highest BCUT2D eigenvalue weighted by molar-refractivity contribution is 5.61. The Kier molecular flexibility index (Phi) is 2.38. The predicted octanol–water partition coefficient (Wildman–Crippen LogP) is 1.37. The van der Waals surface area contributed by atoms with E-state index < -0.39 is 0 Å². The third kappa shape index (κ3) is 1.76. The minimum Gasteiger partial charge on any atom is -0.394 e. The lowest BCUT2D eigenvalue weighted by molar-refractivity contribution is 0.726. The van der Waals surface area contributed by atoms with Crippen molar-refractivity contribution in [3.63, 3.8) is 0 Å². The molecule has 1 saturated heterocycles. The number of nitrogens with two attached hydrogens (primary N) is 1. The summed E-state index contributed by atoms with van der Waals surface area (Å²) in [5.74, 6) is 1.00. The Balaban J connectivity index is 2.10. The summed E-state index contributed by atoms with van der Waals surface area (Å²) in [5.41, 5.74) is 6.55. The molecule has 4 nitrogen and oxygen atoms in total. The monoisotopic (exact) mass is 180 g/mol. The first kappa shape index (κ1) is 8.41. The van der Waals surface area contributed by atoms with Crippen molar-refractivity contribution in [2.45, 2.75) is 25.7 Å². The fourth-order valence-electron chi connectivity index (χ4n) is 1.84. The molecule has 2 rings (SSSR count). The van der Waals surface area contributed by atoms with Crippen molar-refractivity contribution in [1.29, 1.82) is 0 Å². The average Bonchev–Trinajstić information content (AvgIpc) is 2.43. The summed E-state index contributed by atoms with van der Waals surface area (Å²) in [6.07, 6.45) is 6.88. The topological polar surface area (TPSA) is 57.9 Å². The van der Waals surface area contributed by atoms with Crippen molar-refractivity contribution in [1.82, 2.24) is 10.2 Å². The van der Waals surface area contributed by atoms with Crippen LogP contribution in [0.3, 0.4) is 0 Å². The number of hydrogen-bond acceptors (Lipinski definition) is 3. The largest absolute Gasteiger partial charge is 0.394 e. The zero-order valence-corrected chi connectivity index (χ0v) is 7.79. The van der Waals surface area contributed by atoms with Gasteiger partial charge in [-0.2, -0.15) is 5.10 Å². The van der Waals surface area contributed by atoms with Crippen molar-refractivity contribution in [2.75, 3.05) is 23.7 Å². The Hall–Kier alpha value is -1.19. The highest BCUT2D eigenvalue weighted by atomic mass is 15.3. The zero-order valence-electron chi connectivity index (χ0n) is 7.79. The molecule has 0 atom stereocenters. The molecular weight excluding hydrogens is 164 g/mol. The number of aromatic nitrogens is 2. The summed E-state index contributed by atoms with van der Waals surface area (Å²) in [6, 6.07) is 0. The Morgan fingerprint density at radius 1 is 1.23 bits per heavy atom. The fourth-order valence-corrected chi connectivity index (χ4v) is 1.84. The third-order valence-corrected chi connectivity index (χ3v) is 2.57. The molecule has 2 heterocycles. The van der Waals surface area contributed by atoms with Crippen molar-refractivity contribution in [3.05, 3.63) is 6.20 Å². The number of hydrogen-bond donors (Lipinski definition) is 2. The molecule has 0 amide bonds. The minimum atomic E-state index is 0.766. The predicted molar refractivity (Wildman–Crippen MR) is 53.7 cm³/mol. The molecule has 72 valence electrons. The van der Waals surface area contributed by atoms with Gasteiger partial charge in [0.25, 0.3) is 0 Å². The van der Waals surface area contributed by atoms with Crippen LogP contribution in [0.4, 0.5) is 11.5 Å². The smallest absolute Gasteiger partial charge is 0.147 e. The normalized spacial score (nSPS) is 18.6. The number of nitrogens with one attached hydrogen (secondary N) is 1. The van der Waals surface area contributed by atoms with Crippen LogP contribution < -0.4 is 10.6 Å². The molecule has 0 radical (unpaired) electrons. The van der Waals surface area contributed by atoms with Gasteiger partial charge in [-0.15, -0.1) is 0 Å². The van der Waals surface area contributed by atoms with Gasteiger partial charge >= 0.3 is 0 Å². The highest BCUT2D eigenvalue weighted by Crippen LogP contribution is 2.22. The molecule has 0 aromatic carbocycles. The van der Waals surface area contributed by atoms with Crippen LogP contribution >= 0.6 is 0 Å². The van der Waals surface area contributed by atoms with Gasteiger partial charge in [0.2, 0.25) is 0 Å². The van der Waals surface area contributed by atoms with Crippen LogP contribution in [0, 0.1) is 0 Å². The van der Waals surface area contributed by atoms with Crippen molar-refractivity contribution < 1.29 is 0 Å². The summed E-state index contributed by atoms with van der Waals surface area (Å²) >= 11 is 0. The van der Waals surface area contributed by atoms with Crippen LogP contribution in [-0.2, 0) is 0 Å². The molecule has 13 heavy (non-hydrogen) atoms. The molecule has 4 heteroatoms. The summed E-state index contributed by atoms with van der Waals surface area (Å²) in [4.78, 5) is 2.30. The maximum atomic E-state index is 5.79. The van der Waals surface area contributed by atoms with Gasteiger partial charge in [0, 0.05) is 13.1 Å². The average molecular weight is 180 g/mol. The van der Waals surface area contributed by atoms with E-state index >= 15 is 0 Å². The Morgan fingerprint density at radius 3 is 2.46 bits per heavy atom. The van der Waals surface area contributed by atoms with E-state index in [0.717, 1.165) is 24.6 Å². The van der Waals surface area contributed by atoms with E-state index in [1.54, 1.807) is 6.20 Å². The van der Waals surface area contributed by atoms with Gasteiger partial charge in [0.1, 0.15) is 5.82 Å². The van der Waals surface area contributed by atoms with Gasteiger partial charge in [-0.1, -0.05) is 12.8 Å². The van der Waals surface area contributed by atoms with E-state index in [0.29, 0.717) is 0 Å². The van der Waals surface area contributed by atoms with Gasteiger partial charge in [-0.3, -0.25) is 5.10 Å². The number of H-pyrrole nitrogens is 1. The molecule has 0 spiro atoms. The third-order valence-electron chi connectivity index (χ3n) is 2.57. The Bertz CT molecular complexity index is 260. The zero-order chi connectivity index (χ0) is 9.10. The van der Waals surface area contributed by atoms with Gasteiger partial charge in [-0.25, -0.2) is 0 Å². The van der Waals surface area contributed by atoms with Crippen molar-refractivity contribution in [2.24, 2.45) is 0 Å².